The van der Waals surface area contributed by atoms with Gasteiger partial charge in [-0.3, -0.25) is 9.78 Å². The first-order valence-electron chi connectivity index (χ1n) is 9.64. The molecular weight excluding hydrogens is 492 g/mol. The van der Waals surface area contributed by atoms with Gasteiger partial charge < -0.3 is 9.26 Å². The monoisotopic (exact) mass is 517 g/mol. The van der Waals surface area contributed by atoms with Gasteiger partial charge in [-0.05, 0) is 70.8 Å². The van der Waals surface area contributed by atoms with Crippen LogP contribution in [0.15, 0.2) is 29.3 Å². The van der Waals surface area contributed by atoms with Gasteiger partial charge in [0.2, 0.25) is 0 Å². The number of fused-ring (bicyclic) bond motifs is 2. The summed E-state index contributed by atoms with van der Waals surface area (Å²) in [7, 11) is 1.74. The van der Waals surface area contributed by atoms with Gasteiger partial charge >= 0.3 is 5.97 Å². The van der Waals surface area contributed by atoms with Gasteiger partial charge in [0.15, 0.2) is 4.99 Å². The maximum absolute atomic E-state index is 12.2. The predicted octanol–water partition coefficient (Wildman–Crippen LogP) is 6.11. The van der Waals surface area contributed by atoms with Crippen LogP contribution < -0.4 is 0 Å². The molecule has 4 rings (SSSR count). The average molecular weight is 517 g/mol. The minimum atomic E-state index is -0.519. The van der Waals surface area contributed by atoms with Crippen LogP contribution in [0.25, 0.3) is 6.08 Å². The summed E-state index contributed by atoms with van der Waals surface area (Å²) in [5, 5.41) is 0. The van der Waals surface area contributed by atoms with E-state index in [9.17, 15) is 4.79 Å². The molecule has 0 N–H and O–H groups in total. The fourth-order valence-electron chi connectivity index (χ4n) is 5.07. The van der Waals surface area contributed by atoms with E-state index in [0.717, 1.165) is 17.0 Å². The number of halogens is 1. The van der Waals surface area contributed by atoms with Gasteiger partial charge in [0.25, 0.3) is 0 Å². The molecule has 0 spiro atoms. The molecule has 2 aliphatic carbocycles. The normalized spacial score (nSPS) is 34.1. The predicted molar refractivity (Wildman–Crippen MR) is 119 cm³/mol. The Kier molecular flexibility index (Phi) is 6.78. The Morgan fingerprint density at radius 2 is 2.19 bits per heavy atom. The smallest absolute Gasteiger partial charge is 0.309 e. The van der Waals surface area contributed by atoms with Crippen LogP contribution in [-0.4, -0.2) is 24.7 Å². The van der Waals surface area contributed by atoms with Crippen molar-refractivity contribution in [1.29, 1.82) is 0 Å². The molecule has 1 aliphatic heterocycles. The van der Waals surface area contributed by atoms with Crippen molar-refractivity contribution < 1.29 is 14.1 Å². The number of allylic oxidation sites excluding steroid dienone is 1. The zero-order valence-electron chi connectivity index (χ0n) is 15.4. The van der Waals surface area contributed by atoms with E-state index in [1.54, 1.807) is 18.5 Å². The standard InChI is InChI=1S/C20H25INO3PS/c1-24-26(21)27-15-8-6-14(22-11-15)7-9-17-16-5-3-2-4-13(16)10-18-19(17)12-25-20(18)23/h6-9,11,13,16-19H,2-5,10,12H2,1H3/b9-7+/t13?,16?,17?,18-,19+,26?/m0/s1. The molecule has 1 aromatic rings. The van der Waals surface area contributed by atoms with Crippen LogP contribution in [0.5, 0.6) is 0 Å². The van der Waals surface area contributed by atoms with Crippen LogP contribution >= 0.6 is 38.4 Å². The summed E-state index contributed by atoms with van der Waals surface area (Å²) in [6.45, 7) is 0.598. The molecule has 0 amide bonds. The molecule has 1 saturated heterocycles. The van der Waals surface area contributed by atoms with Gasteiger partial charge in [0.1, 0.15) is 0 Å². The Hall–Kier alpha value is -0.170. The Balaban J connectivity index is 1.49. The van der Waals surface area contributed by atoms with Crippen LogP contribution in [0.3, 0.4) is 0 Å². The number of cyclic esters (lactones) is 1. The highest BCUT2D eigenvalue weighted by molar-refractivity contribution is 14.2. The number of carbonyl (C=O) groups is 1. The van der Waals surface area contributed by atoms with E-state index in [1.165, 1.54) is 25.7 Å². The number of esters is 1. The third-order valence-corrected chi connectivity index (χ3v) is 11.7. The maximum atomic E-state index is 12.2. The summed E-state index contributed by atoms with van der Waals surface area (Å²) in [4.78, 5) is 17.4. The summed E-state index contributed by atoms with van der Waals surface area (Å²) >= 11 is 4.04. The maximum Gasteiger partial charge on any atom is 0.309 e. The number of rotatable bonds is 5. The van der Waals surface area contributed by atoms with Gasteiger partial charge in [-0.1, -0.05) is 36.7 Å². The van der Waals surface area contributed by atoms with E-state index >= 15 is 0 Å². The lowest BCUT2D eigenvalue weighted by Gasteiger charge is -2.44. The molecule has 0 radical (unpaired) electrons. The molecule has 0 aromatic carbocycles. The fraction of sp³-hybridized carbons (Fsp3) is 0.600. The Bertz CT molecular complexity index is 701. The number of pyridine rings is 1. The molecule has 0 bridgehead atoms. The molecule has 7 heteroatoms. The minimum Gasteiger partial charge on any atom is -0.465 e. The van der Waals surface area contributed by atoms with Crippen molar-refractivity contribution in [2.45, 2.75) is 37.0 Å². The van der Waals surface area contributed by atoms with Gasteiger partial charge in [-0.25, -0.2) is 0 Å². The number of carbonyl (C=O) groups excluding carboxylic acids is 1. The van der Waals surface area contributed by atoms with Crippen LogP contribution in [0, 0.1) is 29.6 Å². The molecular formula is C20H25INO3PS. The van der Waals surface area contributed by atoms with Crippen LogP contribution in [-0.2, 0) is 14.1 Å². The van der Waals surface area contributed by atoms with Gasteiger partial charge in [0, 0.05) is 24.1 Å². The third-order valence-electron chi connectivity index (χ3n) is 6.32. The van der Waals surface area contributed by atoms with Gasteiger partial charge in [0.05, 0.1) is 18.2 Å². The van der Waals surface area contributed by atoms with Crippen molar-refractivity contribution in [1.82, 2.24) is 4.98 Å². The lowest BCUT2D eigenvalue weighted by molar-refractivity contribution is -0.142. The quantitative estimate of drug-likeness (QED) is 0.268. The molecule has 6 atom stereocenters. The lowest BCUT2D eigenvalue weighted by Crippen LogP contribution is -2.41. The molecule has 1 aromatic heterocycles. The second-order valence-corrected chi connectivity index (χ2v) is 15.3. The first-order valence-corrected chi connectivity index (χ1v) is 15.1. The molecule has 2 saturated carbocycles. The van der Waals surface area contributed by atoms with Crippen molar-refractivity contribution >= 4 is 50.5 Å². The summed E-state index contributed by atoms with van der Waals surface area (Å²) in [6.07, 6.45) is 12.6. The fourth-order valence-corrected chi connectivity index (χ4v) is 8.63. The number of nitrogens with zero attached hydrogens (tertiary/aromatic N) is 1. The van der Waals surface area contributed by atoms with E-state index in [2.05, 4.69) is 51.3 Å². The average Bonchev–Trinajstić information content (AvgIpc) is 3.07. The second-order valence-electron chi connectivity index (χ2n) is 7.69. The molecule has 3 fully saturated rings. The summed E-state index contributed by atoms with van der Waals surface area (Å²) < 4.78 is 10.8. The summed E-state index contributed by atoms with van der Waals surface area (Å²) in [6, 6.07) is 4.18. The second kappa shape index (κ2) is 9.10. The SMILES string of the molecule is COP(I)Sc1ccc(/C=C/C2C3CCCCC3C[C@@H]3C(=O)OC[C@H]23)nc1. The zero-order chi connectivity index (χ0) is 18.8. The van der Waals surface area contributed by atoms with E-state index in [1.807, 2.05) is 6.20 Å². The third kappa shape index (κ3) is 4.54. The summed E-state index contributed by atoms with van der Waals surface area (Å²) in [5.41, 5.74) is 0.981. The van der Waals surface area contributed by atoms with Gasteiger partial charge in [-0.2, -0.15) is 0 Å². The lowest BCUT2D eigenvalue weighted by atomic mass is 9.58. The van der Waals surface area contributed by atoms with Crippen LogP contribution in [0.4, 0.5) is 0 Å². The van der Waals surface area contributed by atoms with Crippen molar-refractivity contribution in [3.63, 3.8) is 0 Å². The first kappa shape index (κ1) is 20.1. The highest BCUT2D eigenvalue weighted by Gasteiger charge is 2.50. The molecule has 4 unspecified atom stereocenters. The van der Waals surface area contributed by atoms with Crippen molar-refractivity contribution in [2.24, 2.45) is 29.6 Å². The van der Waals surface area contributed by atoms with E-state index in [4.69, 9.17) is 9.26 Å². The van der Waals surface area contributed by atoms with Crippen LogP contribution in [0.2, 0.25) is 0 Å². The van der Waals surface area contributed by atoms with Crippen LogP contribution in [0.1, 0.15) is 37.8 Å². The molecule has 2 heterocycles. The molecule has 3 aliphatic rings. The Morgan fingerprint density at radius 3 is 2.96 bits per heavy atom. The number of ether oxygens (including phenoxy) is 1. The molecule has 146 valence electrons. The minimum absolute atomic E-state index is 0.0374. The molecule has 4 nitrogen and oxygen atoms in total. The summed E-state index contributed by atoms with van der Waals surface area (Å²) in [5.74, 6) is 2.33. The van der Waals surface area contributed by atoms with E-state index in [-0.39, 0.29) is 11.9 Å². The number of hydrogen-bond donors (Lipinski definition) is 0. The largest absolute Gasteiger partial charge is 0.465 e. The van der Waals surface area contributed by atoms with Crippen molar-refractivity contribution in [3.8, 4) is 0 Å². The van der Waals surface area contributed by atoms with Crippen molar-refractivity contribution in [3.05, 3.63) is 30.1 Å². The number of hydrogen-bond acceptors (Lipinski definition) is 5. The highest BCUT2D eigenvalue weighted by atomic mass is 127. The highest BCUT2D eigenvalue weighted by Crippen LogP contribution is 2.60. The zero-order valence-corrected chi connectivity index (χ0v) is 19.3. The topological polar surface area (TPSA) is 48.4 Å². The van der Waals surface area contributed by atoms with E-state index in [0.29, 0.717) is 30.3 Å². The Labute approximate surface area is 179 Å². The van der Waals surface area contributed by atoms with Crippen molar-refractivity contribution in [2.75, 3.05) is 13.7 Å². The number of aromatic nitrogens is 1. The van der Waals surface area contributed by atoms with E-state index < -0.39 is 4.99 Å². The Morgan fingerprint density at radius 1 is 1.33 bits per heavy atom. The van der Waals surface area contributed by atoms with Gasteiger partial charge in [-0.15, -0.1) is 0 Å². The first-order chi connectivity index (χ1) is 13.2. The molecule has 27 heavy (non-hydrogen) atoms.